The summed E-state index contributed by atoms with van der Waals surface area (Å²) in [5, 5.41) is 3.40. The Morgan fingerprint density at radius 2 is 1.97 bits per heavy atom. The Hall–Kier alpha value is -1.38. The lowest BCUT2D eigenvalue weighted by atomic mass is 9.72. The zero-order chi connectivity index (χ0) is 24.1. The van der Waals surface area contributed by atoms with E-state index in [1.807, 2.05) is 23.6 Å². The summed E-state index contributed by atoms with van der Waals surface area (Å²) in [5.41, 5.74) is 0. The van der Waals surface area contributed by atoms with E-state index in [1.165, 1.54) is 0 Å². The molecule has 0 aromatic rings. The number of piperazine rings is 1. The zero-order valence-electron chi connectivity index (χ0n) is 21.8. The van der Waals surface area contributed by atoms with Gasteiger partial charge in [0.05, 0.1) is 18.2 Å². The van der Waals surface area contributed by atoms with Crippen molar-refractivity contribution >= 4 is 12.0 Å². The first-order valence-electron chi connectivity index (χ1n) is 13.1. The van der Waals surface area contributed by atoms with Crippen molar-refractivity contribution < 1.29 is 14.3 Å². The normalized spacial score (nSPS) is 29.5. The molecule has 5 atom stereocenters. The summed E-state index contributed by atoms with van der Waals surface area (Å²) in [5.74, 6) is 1.28. The Balaban J connectivity index is 1.66. The zero-order valence-corrected chi connectivity index (χ0v) is 21.8. The molecule has 4 unspecified atom stereocenters. The minimum atomic E-state index is -0.222. The van der Waals surface area contributed by atoms with Crippen LogP contribution in [0.3, 0.4) is 0 Å². The molecule has 2 saturated heterocycles. The molecule has 8 nitrogen and oxygen atoms in total. The molecule has 0 spiro atoms. The Labute approximate surface area is 201 Å². The molecule has 2 amide bonds. The Kier molecular flexibility index (Phi) is 9.42. The highest BCUT2D eigenvalue weighted by Crippen LogP contribution is 2.40. The van der Waals surface area contributed by atoms with Gasteiger partial charge in [-0.2, -0.15) is 0 Å². The summed E-state index contributed by atoms with van der Waals surface area (Å²) in [7, 11) is 2.24. The van der Waals surface area contributed by atoms with Gasteiger partial charge in [-0.05, 0) is 58.9 Å². The van der Waals surface area contributed by atoms with Crippen molar-refractivity contribution in [2.24, 2.45) is 11.8 Å². The third-order valence-corrected chi connectivity index (χ3v) is 7.93. The predicted molar refractivity (Wildman–Crippen MR) is 131 cm³/mol. The van der Waals surface area contributed by atoms with Crippen LogP contribution in [-0.2, 0) is 9.53 Å². The number of fused-ring (bicyclic) bond motifs is 1. The van der Waals surface area contributed by atoms with Crippen LogP contribution in [0, 0.1) is 11.8 Å². The molecule has 1 N–H and O–H groups in total. The molecule has 8 heteroatoms. The molecule has 190 valence electrons. The lowest BCUT2D eigenvalue weighted by Gasteiger charge is -2.54. The number of ether oxygens (including phenoxy) is 1. The van der Waals surface area contributed by atoms with E-state index in [4.69, 9.17) is 4.74 Å². The van der Waals surface area contributed by atoms with Crippen molar-refractivity contribution in [1.29, 1.82) is 0 Å². The van der Waals surface area contributed by atoms with Crippen LogP contribution in [-0.4, -0.2) is 109 Å². The summed E-state index contributed by atoms with van der Waals surface area (Å²) in [4.78, 5) is 34.4. The van der Waals surface area contributed by atoms with Crippen molar-refractivity contribution in [2.45, 2.75) is 84.5 Å². The van der Waals surface area contributed by atoms with Crippen LogP contribution < -0.4 is 5.32 Å². The van der Waals surface area contributed by atoms with Crippen molar-refractivity contribution in [1.82, 2.24) is 24.9 Å². The van der Waals surface area contributed by atoms with Crippen molar-refractivity contribution in [3.63, 3.8) is 0 Å². The highest BCUT2D eigenvalue weighted by atomic mass is 16.6. The molecule has 3 fully saturated rings. The minimum Gasteiger partial charge on any atom is -0.447 e. The van der Waals surface area contributed by atoms with Crippen LogP contribution in [0.1, 0.15) is 60.3 Å². The first kappa shape index (κ1) is 26.2. The monoisotopic (exact) mass is 465 g/mol. The summed E-state index contributed by atoms with van der Waals surface area (Å²) >= 11 is 0. The number of hydrogen-bond donors (Lipinski definition) is 1. The van der Waals surface area contributed by atoms with Gasteiger partial charge < -0.3 is 24.8 Å². The largest absolute Gasteiger partial charge is 0.447 e. The van der Waals surface area contributed by atoms with Gasteiger partial charge in [0.2, 0.25) is 5.91 Å². The van der Waals surface area contributed by atoms with Crippen molar-refractivity contribution in [2.75, 3.05) is 53.0 Å². The molecule has 0 aromatic carbocycles. The fraction of sp³-hybridized carbons (Fsp3) is 0.920. The average molecular weight is 466 g/mol. The number of likely N-dealkylation sites (N-methyl/N-ethyl adjacent to an activating group) is 1. The lowest BCUT2D eigenvalue weighted by Crippen LogP contribution is -2.67. The molecule has 0 radical (unpaired) electrons. The number of nitrogens with one attached hydrogen (secondary N) is 1. The van der Waals surface area contributed by atoms with E-state index in [9.17, 15) is 9.59 Å². The van der Waals surface area contributed by atoms with Crippen LogP contribution in [0.2, 0.25) is 0 Å². The highest BCUT2D eigenvalue weighted by Gasteiger charge is 2.47. The molecule has 0 bridgehead atoms. The molecule has 2 heterocycles. The maximum atomic E-state index is 13.0. The van der Waals surface area contributed by atoms with Gasteiger partial charge in [-0.3, -0.25) is 9.69 Å². The van der Waals surface area contributed by atoms with Gasteiger partial charge in [0.25, 0.3) is 0 Å². The molecular formula is C25H47N5O3. The maximum absolute atomic E-state index is 13.0. The van der Waals surface area contributed by atoms with E-state index in [2.05, 4.69) is 36.0 Å². The second kappa shape index (κ2) is 11.8. The highest BCUT2D eigenvalue weighted by molar-refractivity contribution is 5.75. The van der Waals surface area contributed by atoms with Crippen LogP contribution in [0.25, 0.3) is 0 Å². The topological polar surface area (TPSA) is 68.4 Å². The van der Waals surface area contributed by atoms with Crippen molar-refractivity contribution in [3.8, 4) is 0 Å². The van der Waals surface area contributed by atoms with Crippen LogP contribution >= 0.6 is 0 Å². The fourth-order valence-electron chi connectivity index (χ4n) is 6.27. The number of nitrogens with zero attached hydrogens (tertiary/aromatic N) is 4. The first-order chi connectivity index (χ1) is 15.7. The first-order valence-corrected chi connectivity index (χ1v) is 13.1. The average Bonchev–Trinajstić information content (AvgIpc) is 3.28. The predicted octanol–water partition coefficient (Wildman–Crippen LogP) is 2.44. The van der Waals surface area contributed by atoms with Gasteiger partial charge in [-0.15, -0.1) is 0 Å². The molecule has 3 rings (SSSR count). The van der Waals surface area contributed by atoms with Crippen LogP contribution in [0.15, 0.2) is 0 Å². The van der Waals surface area contributed by atoms with E-state index < -0.39 is 0 Å². The molecule has 2 aliphatic heterocycles. The van der Waals surface area contributed by atoms with Crippen molar-refractivity contribution in [3.05, 3.63) is 0 Å². The number of carbonyl (C=O) groups is 2. The Morgan fingerprint density at radius 1 is 1.21 bits per heavy atom. The Morgan fingerprint density at radius 3 is 2.58 bits per heavy atom. The van der Waals surface area contributed by atoms with Gasteiger partial charge >= 0.3 is 6.09 Å². The van der Waals surface area contributed by atoms with Crippen LogP contribution in [0.4, 0.5) is 4.79 Å². The number of hydrogen-bond acceptors (Lipinski definition) is 6. The van der Waals surface area contributed by atoms with Gasteiger partial charge in [0.15, 0.2) is 0 Å². The second-order valence-corrected chi connectivity index (χ2v) is 10.8. The summed E-state index contributed by atoms with van der Waals surface area (Å²) in [6.45, 7) is 16.9. The molecule has 1 saturated carbocycles. The summed E-state index contributed by atoms with van der Waals surface area (Å²) < 4.78 is 5.62. The van der Waals surface area contributed by atoms with Gasteiger partial charge in [0, 0.05) is 58.9 Å². The molecule has 33 heavy (non-hydrogen) atoms. The summed E-state index contributed by atoms with van der Waals surface area (Å²) in [6, 6.07) is 0.165. The minimum absolute atomic E-state index is 0.0215. The van der Waals surface area contributed by atoms with Gasteiger partial charge in [-0.25, -0.2) is 4.79 Å². The maximum Gasteiger partial charge on any atom is 0.410 e. The van der Waals surface area contributed by atoms with E-state index in [1.54, 1.807) is 6.92 Å². The van der Waals surface area contributed by atoms with Gasteiger partial charge in [-0.1, -0.05) is 13.3 Å². The molecule has 3 aliphatic rings. The van der Waals surface area contributed by atoms with E-state index in [0.717, 1.165) is 65.1 Å². The van der Waals surface area contributed by atoms with E-state index >= 15 is 0 Å². The molecule has 0 aromatic heterocycles. The van der Waals surface area contributed by atoms with E-state index in [-0.39, 0.29) is 36.2 Å². The second-order valence-electron chi connectivity index (χ2n) is 10.8. The quantitative estimate of drug-likeness (QED) is 0.594. The van der Waals surface area contributed by atoms with Crippen LogP contribution in [0.5, 0.6) is 0 Å². The smallest absolute Gasteiger partial charge is 0.410 e. The molecule has 1 aliphatic carbocycles. The lowest BCUT2D eigenvalue weighted by molar-refractivity contribution is -0.142. The fourth-order valence-corrected chi connectivity index (χ4v) is 6.27. The third-order valence-electron chi connectivity index (χ3n) is 7.93. The van der Waals surface area contributed by atoms with E-state index in [0.29, 0.717) is 18.4 Å². The third kappa shape index (κ3) is 6.61. The molecular weight excluding hydrogens is 418 g/mol. The number of rotatable bonds is 8. The van der Waals surface area contributed by atoms with Gasteiger partial charge in [0.1, 0.15) is 0 Å². The Bertz CT molecular complexity index is 654. The standard InChI is InChI=1S/C25H47N5O3/c1-7-21(16-27(6)12-13-28-11-10-26-17-28)22-8-9-23-24(14-22)29(25(32)33-18(2)3)15-19(4)30(23)20(5)31/h18-19,21-24,26H,7-17H2,1-6H3/t19-,21?,22?,23?,24?/m0/s1. The summed E-state index contributed by atoms with van der Waals surface area (Å²) in [6.07, 6.45) is 3.81. The number of amides is 2. The number of carbonyl (C=O) groups excluding carboxylic acids is 2. The SMILES string of the molecule is CCC(CN(C)CCN1CCNC1)C1CCC2C(C1)N(C(=O)OC(C)C)C[C@H](C)N2C(C)=O.